The molecule has 0 saturated carbocycles. The standard InChI is InChI=1S/C25H45N3O2/c1-3-4-5-6-7-8-9-10-11-12-13-14-15-16-17-18-19-24-27-20-21-28(24,23(2)26)22-25(29)30/h4-5,20-21,23H,3,6-19,22,26H2,1-2H3/b5-4+. The Morgan fingerprint density at radius 2 is 1.53 bits per heavy atom. The van der Waals surface area contributed by atoms with E-state index in [1.54, 1.807) is 12.4 Å². The number of nitrogens with two attached hydrogens (primary N) is 1. The SMILES string of the molecule is CC/C=C/CCCCCCCCCCCCCCC1=NC=C[N+]1(CC(=O)[O-])C(C)N. The fraction of sp³-hybridized carbons (Fsp3) is 0.760. The molecule has 0 aromatic rings. The van der Waals surface area contributed by atoms with Crippen LogP contribution in [0, 0.1) is 0 Å². The summed E-state index contributed by atoms with van der Waals surface area (Å²) in [4.78, 5) is 15.6. The molecule has 172 valence electrons. The summed E-state index contributed by atoms with van der Waals surface area (Å²) < 4.78 is 0.109. The number of hydrogen-bond donors (Lipinski definition) is 1. The number of aliphatic carboxylic acids is 1. The largest absolute Gasteiger partial charge is 0.544 e. The topological polar surface area (TPSA) is 78.5 Å². The van der Waals surface area contributed by atoms with Gasteiger partial charge in [0, 0.05) is 13.3 Å². The fourth-order valence-corrected chi connectivity index (χ4v) is 4.17. The Morgan fingerprint density at radius 1 is 1.00 bits per heavy atom. The highest BCUT2D eigenvalue weighted by molar-refractivity contribution is 5.81. The summed E-state index contributed by atoms with van der Waals surface area (Å²) in [6, 6.07) is 0. The van der Waals surface area contributed by atoms with Crippen molar-refractivity contribution in [2.75, 3.05) is 6.54 Å². The molecule has 0 aromatic heterocycles. The van der Waals surface area contributed by atoms with Crippen LogP contribution < -0.4 is 10.8 Å². The van der Waals surface area contributed by atoms with E-state index < -0.39 is 5.97 Å². The highest BCUT2D eigenvalue weighted by Crippen LogP contribution is 2.23. The second-order valence-electron chi connectivity index (χ2n) is 8.71. The molecule has 0 saturated heterocycles. The molecule has 1 aliphatic rings. The Labute approximate surface area is 184 Å². The third kappa shape index (κ3) is 10.5. The third-order valence-electron chi connectivity index (χ3n) is 6.08. The lowest BCUT2D eigenvalue weighted by Crippen LogP contribution is -2.60. The predicted molar refractivity (Wildman–Crippen MR) is 124 cm³/mol. The normalized spacial score (nSPS) is 19.5. The van der Waals surface area contributed by atoms with Gasteiger partial charge in [0.2, 0.25) is 5.84 Å². The number of aliphatic imine (C=N–C) groups is 1. The van der Waals surface area contributed by atoms with Gasteiger partial charge < -0.3 is 9.90 Å². The summed E-state index contributed by atoms with van der Waals surface area (Å²) in [5.41, 5.74) is 6.08. The van der Waals surface area contributed by atoms with Crippen molar-refractivity contribution in [1.29, 1.82) is 0 Å². The van der Waals surface area contributed by atoms with Gasteiger partial charge in [0.05, 0.1) is 12.2 Å². The van der Waals surface area contributed by atoms with Crippen molar-refractivity contribution in [1.82, 2.24) is 0 Å². The van der Waals surface area contributed by atoms with Gasteiger partial charge in [-0.1, -0.05) is 83.3 Å². The van der Waals surface area contributed by atoms with Gasteiger partial charge in [-0.05, 0) is 25.7 Å². The van der Waals surface area contributed by atoms with E-state index in [4.69, 9.17) is 5.73 Å². The smallest absolute Gasteiger partial charge is 0.209 e. The number of hydrogen-bond acceptors (Lipinski definition) is 4. The monoisotopic (exact) mass is 419 g/mol. The molecule has 1 aliphatic heterocycles. The van der Waals surface area contributed by atoms with Gasteiger partial charge in [-0.3, -0.25) is 5.73 Å². The Bertz CT molecular complexity index is 555. The van der Waals surface area contributed by atoms with Crippen LogP contribution in [0.1, 0.15) is 110 Å². The lowest BCUT2D eigenvalue weighted by atomic mass is 10.0. The van der Waals surface area contributed by atoms with E-state index in [1.807, 2.05) is 6.92 Å². The maximum atomic E-state index is 11.2. The number of amidine groups is 1. The molecule has 0 aromatic carbocycles. The van der Waals surface area contributed by atoms with E-state index in [2.05, 4.69) is 24.1 Å². The second kappa shape index (κ2) is 16.3. The van der Waals surface area contributed by atoms with Crippen LogP contribution in [0.3, 0.4) is 0 Å². The van der Waals surface area contributed by atoms with Gasteiger partial charge in [0.15, 0.2) is 0 Å². The van der Waals surface area contributed by atoms with Crippen LogP contribution in [0.5, 0.6) is 0 Å². The molecule has 5 heteroatoms. The van der Waals surface area contributed by atoms with Crippen molar-refractivity contribution >= 4 is 11.8 Å². The van der Waals surface area contributed by atoms with E-state index >= 15 is 0 Å². The zero-order valence-corrected chi connectivity index (χ0v) is 19.5. The van der Waals surface area contributed by atoms with Gasteiger partial charge >= 0.3 is 0 Å². The van der Waals surface area contributed by atoms with Crippen molar-refractivity contribution in [3.05, 3.63) is 24.6 Å². The van der Waals surface area contributed by atoms with E-state index in [9.17, 15) is 9.90 Å². The molecule has 0 aliphatic carbocycles. The fourth-order valence-electron chi connectivity index (χ4n) is 4.17. The van der Waals surface area contributed by atoms with E-state index in [0.29, 0.717) is 0 Å². The number of allylic oxidation sites excluding steroid dienone is 2. The summed E-state index contributed by atoms with van der Waals surface area (Å²) >= 11 is 0. The first-order valence-corrected chi connectivity index (χ1v) is 12.3. The first-order chi connectivity index (χ1) is 14.5. The van der Waals surface area contributed by atoms with Gasteiger partial charge in [-0.15, -0.1) is 0 Å². The number of nitrogens with zero attached hydrogens (tertiary/aromatic N) is 2. The molecule has 2 atom stereocenters. The maximum absolute atomic E-state index is 11.2. The summed E-state index contributed by atoms with van der Waals surface area (Å²) in [6.07, 6.45) is 26.6. The molecule has 1 heterocycles. The summed E-state index contributed by atoms with van der Waals surface area (Å²) in [5.74, 6) is -0.230. The first-order valence-electron chi connectivity index (χ1n) is 12.3. The Hall–Kier alpha value is -1.46. The van der Waals surface area contributed by atoms with Gasteiger partial charge in [-0.2, -0.15) is 0 Å². The lowest BCUT2D eigenvalue weighted by molar-refractivity contribution is -0.808. The van der Waals surface area contributed by atoms with Gasteiger partial charge in [0.25, 0.3) is 0 Å². The van der Waals surface area contributed by atoms with Crippen molar-refractivity contribution in [3.63, 3.8) is 0 Å². The van der Waals surface area contributed by atoms with Gasteiger partial charge in [-0.25, -0.2) is 9.48 Å². The minimum atomic E-state index is -1.09. The molecule has 30 heavy (non-hydrogen) atoms. The summed E-state index contributed by atoms with van der Waals surface area (Å²) in [7, 11) is 0. The number of quaternary nitrogens is 1. The molecule has 0 amide bonds. The number of carboxylic acids is 1. The average Bonchev–Trinajstić information content (AvgIpc) is 3.10. The number of rotatable bonds is 19. The molecular weight excluding hydrogens is 374 g/mol. The van der Waals surface area contributed by atoms with E-state index in [1.165, 1.54) is 70.6 Å². The number of carboxylic acid groups (broad SMARTS) is 1. The van der Waals surface area contributed by atoms with Crippen LogP contribution in [0.2, 0.25) is 0 Å². The zero-order chi connectivity index (χ0) is 22.1. The quantitative estimate of drug-likeness (QED) is 0.178. The highest BCUT2D eigenvalue weighted by Gasteiger charge is 2.38. The second-order valence-corrected chi connectivity index (χ2v) is 8.71. The highest BCUT2D eigenvalue weighted by atomic mass is 16.4. The predicted octanol–water partition coefficient (Wildman–Crippen LogP) is 5.17. The molecule has 0 fully saturated rings. The van der Waals surface area contributed by atoms with E-state index in [0.717, 1.165) is 31.5 Å². The van der Waals surface area contributed by atoms with Crippen molar-refractivity contribution in [2.45, 2.75) is 116 Å². The maximum Gasteiger partial charge on any atom is 0.209 e. The zero-order valence-electron chi connectivity index (χ0n) is 19.5. The number of unbranched alkanes of at least 4 members (excludes halogenated alkanes) is 12. The molecule has 0 radical (unpaired) electrons. The van der Waals surface area contributed by atoms with Crippen molar-refractivity contribution in [3.8, 4) is 0 Å². The molecule has 5 nitrogen and oxygen atoms in total. The molecule has 1 rings (SSSR count). The third-order valence-corrected chi connectivity index (χ3v) is 6.08. The number of carbonyl (C=O) groups is 1. The average molecular weight is 420 g/mol. The summed E-state index contributed by atoms with van der Waals surface area (Å²) in [5, 5.41) is 11.2. The van der Waals surface area contributed by atoms with Crippen LogP contribution in [0.15, 0.2) is 29.5 Å². The van der Waals surface area contributed by atoms with Crippen LogP contribution in [-0.4, -0.2) is 29.0 Å². The number of carbonyl (C=O) groups excluding carboxylic acids is 1. The Morgan fingerprint density at radius 3 is 2.03 bits per heavy atom. The summed E-state index contributed by atoms with van der Waals surface area (Å²) in [6.45, 7) is 3.89. The molecule has 0 spiro atoms. The Kier molecular flexibility index (Phi) is 14.4. The van der Waals surface area contributed by atoms with Crippen LogP contribution in [0.4, 0.5) is 0 Å². The molecule has 0 bridgehead atoms. The van der Waals surface area contributed by atoms with E-state index in [-0.39, 0.29) is 17.2 Å². The van der Waals surface area contributed by atoms with Crippen molar-refractivity contribution < 1.29 is 14.4 Å². The molecule has 2 unspecified atom stereocenters. The minimum Gasteiger partial charge on any atom is -0.544 e. The van der Waals surface area contributed by atoms with Crippen LogP contribution in [-0.2, 0) is 4.79 Å². The minimum absolute atomic E-state index is 0.109. The lowest BCUT2D eigenvalue weighted by Gasteiger charge is -2.36. The first kappa shape index (κ1) is 26.6. The molecule has 2 N–H and O–H groups in total. The van der Waals surface area contributed by atoms with Crippen LogP contribution >= 0.6 is 0 Å². The molecular formula is C25H45N3O2. The van der Waals surface area contributed by atoms with Crippen LogP contribution in [0.25, 0.3) is 0 Å². The Balaban J connectivity index is 1.99. The van der Waals surface area contributed by atoms with Gasteiger partial charge in [0.1, 0.15) is 18.9 Å². The van der Waals surface area contributed by atoms with Crippen molar-refractivity contribution in [2.24, 2.45) is 10.7 Å².